The summed E-state index contributed by atoms with van der Waals surface area (Å²) >= 11 is 0. The summed E-state index contributed by atoms with van der Waals surface area (Å²) < 4.78 is 5.74. The summed E-state index contributed by atoms with van der Waals surface area (Å²) in [6.45, 7) is 7.07. The molecule has 1 aromatic rings. The Hall–Kier alpha value is -0.940. The second kappa shape index (κ2) is 6.88. The van der Waals surface area contributed by atoms with Crippen LogP contribution in [0.2, 0.25) is 0 Å². The highest BCUT2D eigenvalue weighted by Gasteiger charge is 2.48. The van der Waals surface area contributed by atoms with Crippen LogP contribution < -0.4 is 5.32 Å². The van der Waals surface area contributed by atoms with Crippen molar-refractivity contribution in [3.05, 3.63) is 35.9 Å². The second-order valence-corrected chi connectivity index (χ2v) is 6.48. The lowest BCUT2D eigenvalue weighted by Gasteiger charge is -2.25. The molecule has 2 aliphatic heterocycles. The summed E-state index contributed by atoms with van der Waals surface area (Å²) in [5.41, 5.74) is 1.35. The zero-order valence-electron chi connectivity index (χ0n) is 12.6. The Bertz CT molecular complexity index is 440. The van der Waals surface area contributed by atoms with E-state index < -0.39 is 0 Å². The number of hydrogen-bond acceptors (Lipinski definition) is 4. The van der Waals surface area contributed by atoms with E-state index in [0.29, 0.717) is 19.1 Å². The van der Waals surface area contributed by atoms with Crippen molar-refractivity contribution >= 4 is 0 Å². The standard InChI is InChI=1S/C17H26N2O2/c20-14-17-12-18-9-16(17)10-19(13-17)7-4-8-21-11-15-5-2-1-3-6-15/h1-3,5-6,16,18,20H,4,7-14H2. The molecule has 2 heterocycles. The lowest BCUT2D eigenvalue weighted by Crippen LogP contribution is -2.36. The summed E-state index contributed by atoms with van der Waals surface area (Å²) in [6.07, 6.45) is 1.06. The van der Waals surface area contributed by atoms with Gasteiger partial charge in [-0.2, -0.15) is 0 Å². The summed E-state index contributed by atoms with van der Waals surface area (Å²) in [5, 5.41) is 13.1. The van der Waals surface area contributed by atoms with E-state index >= 15 is 0 Å². The molecule has 4 nitrogen and oxygen atoms in total. The van der Waals surface area contributed by atoms with E-state index in [1.807, 2.05) is 18.2 Å². The minimum Gasteiger partial charge on any atom is -0.396 e. The molecule has 2 atom stereocenters. The Balaban J connectivity index is 1.34. The number of nitrogens with one attached hydrogen (secondary N) is 1. The number of likely N-dealkylation sites (tertiary alicyclic amines) is 1. The molecule has 2 saturated heterocycles. The van der Waals surface area contributed by atoms with Crippen LogP contribution in [-0.2, 0) is 11.3 Å². The molecule has 0 bridgehead atoms. The first-order valence-electron chi connectivity index (χ1n) is 7.98. The van der Waals surface area contributed by atoms with Crippen LogP contribution in [0.3, 0.4) is 0 Å². The fourth-order valence-corrected chi connectivity index (χ4v) is 3.68. The van der Waals surface area contributed by atoms with Gasteiger partial charge in [0, 0.05) is 38.2 Å². The van der Waals surface area contributed by atoms with Gasteiger partial charge in [-0.05, 0) is 24.4 Å². The minimum absolute atomic E-state index is 0.116. The predicted octanol–water partition coefficient (Wildman–Crippen LogP) is 1.11. The Morgan fingerprint density at radius 3 is 2.95 bits per heavy atom. The quantitative estimate of drug-likeness (QED) is 0.738. The Morgan fingerprint density at radius 2 is 2.19 bits per heavy atom. The van der Waals surface area contributed by atoms with E-state index in [1.165, 1.54) is 5.56 Å². The molecular weight excluding hydrogens is 264 g/mol. The summed E-state index contributed by atoms with van der Waals surface area (Å²) in [5.74, 6) is 0.618. The van der Waals surface area contributed by atoms with Crippen LogP contribution in [0, 0.1) is 11.3 Å². The lowest BCUT2D eigenvalue weighted by atomic mass is 9.82. The number of hydrogen-bond donors (Lipinski definition) is 2. The average Bonchev–Trinajstić information content (AvgIpc) is 3.05. The largest absolute Gasteiger partial charge is 0.396 e. The van der Waals surface area contributed by atoms with E-state index in [4.69, 9.17) is 4.74 Å². The Labute approximate surface area is 127 Å². The molecule has 2 aliphatic rings. The number of aliphatic hydroxyl groups excluding tert-OH is 1. The fourth-order valence-electron chi connectivity index (χ4n) is 3.68. The summed E-state index contributed by atoms with van der Waals surface area (Å²) in [6, 6.07) is 10.3. The highest BCUT2D eigenvalue weighted by atomic mass is 16.5. The van der Waals surface area contributed by atoms with Gasteiger partial charge in [0.15, 0.2) is 0 Å². The van der Waals surface area contributed by atoms with Crippen molar-refractivity contribution in [2.75, 3.05) is 45.9 Å². The van der Waals surface area contributed by atoms with Crippen molar-refractivity contribution in [2.45, 2.75) is 13.0 Å². The van der Waals surface area contributed by atoms with Gasteiger partial charge < -0.3 is 20.1 Å². The third kappa shape index (κ3) is 3.46. The number of fused-ring (bicyclic) bond motifs is 1. The van der Waals surface area contributed by atoms with Gasteiger partial charge in [0.05, 0.1) is 13.2 Å². The molecule has 0 amide bonds. The van der Waals surface area contributed by atoms with Gasteiger partial charge >= 0.3 is 0 Å². The zero-order valence-corrected chi connectivity index (χ0v) is 12.6. The van der Waals surface area contributed by atoms with Crippen molar-refractivity contribution in [1.82, 2.24) is 10.2 Å². The van der Waals surface area contributed by atoms with Crippen molar-refractivity contribution in [3.63, 3.8) is 0 Å². The van der Waals surface area contributed by atoms with E-state index in [2.05, 4.69) is 22.3 Å². The topological polar surface area (TPSA) is 44.7 Å². The van der Waals surface area contributed by atoms with Crippen LogP contribution >= 0.6 is 0 Å². The van der Waals surface area contributed by atoms with Crippen molar-refractivity contribution < 1.29 is 9.84 Å². The predicted molar refractivity (Wildman–Crippen MR) is 83.0 cm³/mol. The second-order valence-electron chi connectivity index (χ2n) is 6.48. The number of aliphatic hydroxyl groups is 1. The van der Waals surface area contributed by atoms with Crippen molar-refractivity contribution in [1.29, 1.82) is 0 Å². The first-order chi connectivity index (χ1) is 10.3. The van der Waals surface area contributed by atoms with Gasteiger partial charge in [0.25, 0.3) is 0 Å². The van der Waals surface area contributed by atoms with Crippen molar-refractivity contribution in [2.24, 2.45) is 11.3 Å². The van der Waals surface area contributed by atoms with E-state index in [-0.39, 0.29) is 5.41 Å². The molecule has 116 valence electrons. The average molecular weight is 290 g/mol. The molecule has 0 aromatic heterocycles. The molecule has 0 radical (unpaired) electrons. The monoisotopic (exact) mass is 290 g/mol. The fraction of sp³-hybridized carbons (Fsp3) is 0.647. The van der Waals surface area contributed by atoms with Gasteiger partial charge in [0.2, 0.25) is 0 Å². The number of nitrogens with zero attached hydrogens (tertiary/aromatic N) is 1. The molecule has 2 unspecified atom stereocenters. The normalized spacial score (nSPS) is 28.9. The van der Waals surface area contributed by atoms with Gasteiger partial charge in [-0.3, -0.25) is 0 Å². The highest BCUT2D eigenvalue weighted by Crippen LogP contribution is 2.38. The smallest absolute Gasteiger partial charge is 0.0716 e. The summed E-state index contributed by atoms with van der Waals surface area (Å²) in [4.78, 5) is 2.49. The van der Waals surface area contributed by atoms with Gasteiger partial charge in [-0.25, -0.2) is 0 Å². The maximum Gasteiger partial charge on any atom is 0.0716 e. The van der Waals surface area contributed by atoms with Crippen LogP contribution in [0.4, 0.5) is 0 Å². The molecule has 1 aromatic carbocycles. The Kier molecular flexibility index (Phi) is 4.91. The van der Waals surface area contributed by atoms with Gasteiger partial charge in [-0.15, -0.1) is 0 Å². The van der Waals surface area contributed by atoms with Crippen LogP contribution in [0.5, 0.6) is 0 Å². The molecular formula is C17H26N2O2. The third-order valence-corrected chi connectivity index (χ3v) is 4.94. The SMILES string of the molecule is OCC12CNCC1CN(CCCOCc1ccccc1)C2. The van der Waals surface area contributed by atoms with Crippen LogP contribution in [0.25, 0.3) is 0 Å². The zero-order chi connectivity index (χ0) is 14.5. The van der Waals surface area contributed by atoms with Crippen molar-refractivity contribution in [3.8, 4) is 0 Å². The molecule has 4 heteroatoms. The maximum atomic E-state index is 9.69. The maximum absolute atomic E-state index is 9.69. The van der Waals surface area contributed by atoms with Crippen LogP contribution in [-0.4, -0.2) is 55.9 Å². The summed E-state index contributed by atoms with van der Waals surface area (Å²) in [7, 11) is 0. The molecule has 21 heavy (non-hydrogen) atoms. The highest BCUT2D eigenvalue weighted by molar-refractivity contribution is 5.13. The van der Waals surface area contributed by atoms with Crippen LogP contribution in [0.1, 0.15) is 12.0 Å². The van der Waals surface area contributed by atoms with Crippen LogP contribution in [0.15, 0.2) is 30.3 Å². The van der Waals surface area contributed by atoms with Gasteiger partial charge in [-0.1, -0.05) is 30.3 Å². The molecule has 2 N–H and O–H groups in total. The molecule has 0 aliphatic carbocycles. The number of ether oxygens (including phenoxy) is 1. The minimum atomic E-state index is 0.116. The van der Waals surface area contributed by atoms with Gasteiger partial charge in [0.1, 0.15) is 0 Å². The van der Waals surface area contributed by atoms with E-state index in [0.717, 1.165) is 45.8 Å². The molecule has 2 fully saturated rings. The van der Waals surface area contributed by atoms with E-state index in [9.17, 15) is 5.11 Å². The first kappa shape index (κ1) is 15.0. The number of benzene rings is 1. The lowest BCUT2D eigenvalue weighted by molar-refractivity contribution is 0.104. The van der Waals surface area contributed by atoms with E-state index in [1.54, 1.807) is 0 Å². The first-order valence-corrected chi connectivity index (χ1v) is 7.98. The third-order valence-electron chi connectivity index (χ3n) is 4.94. The molecule has 0 saturated carbocycles. The Morgan fingerprint density at radius 1 is 1.33 bits per heavy atom. The molecule has 0 spiro atoms. The molecule has 3 rings (SSSR count). The number of rotatable bonds is 7.